The normalized spacial score (nSPS) is 24.1. The highest BCUT2D eigenvalue weighted by Crippen LogP contribution is 2.37. The molecule has 1 aromatic rings. The number of hydrogen-bond donors (Lipinski definition) is 2. The van der Waals surface area contributed by atoms with Crippen molar-refractivity contribution in [3.05, 3.63) is 11.8 Å². The zero-order valence-corrected chi connectivity index (χ0v) is 11.6. The van der Waals surface area contributed by atoms with Crippen molar-refractivity contribution in [1.82, 2.24) is 9.97 Å². The standard InChI is InChI=1S/C14H23N5/c1-10-9-13(17-14(16-10)18-15)19-8-4-7-12(19)11-5-2-3-6-11/h9,11-12H,2-8,15H2,1H3,(H,16,17,18). The summed E-state index contributed by atoms with van der Waals surface area (Å²) in [5.41, 5.74) is 3.53. The molecule has 1 aromatic heterocycles. The van der Waals surface area contributed by atoms with Gasteiger partial charge >= 0.3 is 0 Å². The van der Waals surface area contributed by atoms with Gasteiger partial charge in [-0.15, -0.1) is 0 Å². The summed E-state index contributed by atoms with van der Waals surface area (Å²) in [6, 6.07) is 2.75. The van der Waals surface area contributed by atoms with Crippen molar-refractivity contribution in [2.24, 2.45) is 11.8 Å². The fourth-order valence-electron chi connectivity index (χ4n) is 3.67. The number of nitrogens with two attached hydrogens (primary N) is 1. The van der Waals surface area contributed by atoms with E-state index in [0.717, 1.165) is 24.0 Å². The maximum Gasteiger partial charge on any atom is 0.239 e. The summed E-state index contributed by atoms with van der Waals surface area (Å²) in [7, 11) is 0. The molecular weight excluding hydrogens is 238 g/mol. The lowest BCUT2D eigenvalue weighted by atomic mass is 9.96. The van der Waals surface area contributed by atoms with Gasteiger partial charge in [0, 0.05) is 24.3 Å². The number of aryl methyl sites for hydroxylation is 1. The number of aromatic nitrogens is 2. The first kappa shape index (κ1) is 12.7. The van der Waals surface area contributed by atoms with E-state index in [4.69, 9.17) is 5.84 Å². The first-order valence-electron chi connectivity index (χ1n) is 7.37. The summed E-state index contributed by atoms with van der Waals surface area (Å²) in [5.74, 6) is 7.86. The quantitative estimate of drug-likeness (QED) is 0.645. The van der Waals surface area contributed by atoms with E-state index >= 15 is 0 Å². The van der Waals surface area contributed by atoms with Crippen LogP contribution in [0.4, 0.5) is 11.8 Å². The molecule has 2 aliphatic rings. The summed E-state index contributed by atoms with van der Waals surface area (Å²) in [5, 5.41) is 0. The van der Waals surface area contributed by atoms with Crippen molar-refractivity contribution >= 4 is 11.8 Å². The van der Waals surface area contributed by atoms with Crippen LogP contribution in [0.25, 0.3) is 0 Å². The highest BCUT2D eigenvalue weighted by atomic mass is 15.3. The molecule has 0 spiro atoms. The minimum atomic E-state index is 0.520. The lowest BCUT2D eigenvalue weighted by Crippen LogP contribution is -2.35. The molecule has 0 aromatic carbocycles. The molecule has 3 N–H and O–H groups in total. The first-order valence-corrected chi connectivity index (χ1v) is 7.37. The van der Waals surface area contributed by atoms with Gasteiger partial charge in [0.1, 0.15) is 5.82 Å². The van der Waals surface area contributed by atoms with Crippen LogP contribution < -0.4 is 16.2 Å². The number of hydrazine groups is 1. The van der Waals surface area contributed by atoms with E-state index < -0.39 is 0 Å². The number of rotatable bonds is 3. The molecule has 1 aliphatic heterocycles. The van der Waals surface area contributed by atoms with E-state index in [1.54, 1.807) is 0 Å². The van der Waals surface area contributed by atoms with Crippen LogP contribution in [0.5, 0.6) is 0 Å². The van der Waals surface area contributed by atoms with Gasteiger partial charge in [-0.3, -0.25) is 5.43 Å². The Kier molecular flexibility index (Phi) is 3.55. The predicted octanol–water partition coefficient (Wildman–Crippen LogP) is 2.23. The third-order valence-corrected chi connectivity index (χ3v) is 4.51. The van der Waals surface area contributed by atoms with Crippen LogP contribution >= 0.6 is 0 Å². The molecule has 104 valence electrons. The van der Waals surface area contributed by atoms with Crippen LogP contribution in [0.3, 0.4) is 0 Å². The average molecular weight is 261 g/mol. The van der Waals surface area contributed by atoms with Crippen LogP contribution in [-0.2, 0) is 0 Å². The number of hydrogen-bond acceptors (Lipinski definition) is 5. The highest BCUT2D eigenvalue weighted by molar-refractivity contribution is 5.46. The largest absolute Gasteiger partial charge is 0.353 e. The number of anilines is 2. The van der Waals surface area contributed by atoms with Gasteiger partial charge in [0.25, 0.3) is 0 Å². The Morgan fingerprint density at radius 3 is 2.74 bits per heavy atom. The second-order valence-corrected chi connectivity index (χ2v) is 5.78. The Hall–Kier alpha value is -1.36. The van der Waals surface area contributed by atoms with E-state index in [0.29, 0.717) is 12.0 Å². The van der Waals surface area contributed by atoms with Gasteiger partial charge in [-0.1, -0.05) is 12.8 Å². The average Bonchev–Trinajstić information content (AvgIpc) is 3.08. The monoisotopic (exact) mass is 261 g/mol. The third kappa shape index (κ3) is 2.52. The van der Waals surface area contributed by atoms with Gasteiger partial charge < -0.3 is 4.90 Å². The molecule has 3 rings (SSSR count). The van der Waals surface area contributed by atoms with Gasteiger partial charge in [-0.2, -0.15) is 4.98 Å². The van der Waals surface area contributed by atoms with Crippen LogP contribution in [-0.4, -0.2) is 22.6 Å². The molecule has 0 amide bonds. The number of nitrogen functional groups attached to an aromatic ring is 1. The molecule has 1 aliphatic carbocycles. The fourth-order valence-corrected chi connectivity index (χ4v) is 3.67. The lowest BCUT2D eigenvalue weighted by Gasteiger charge is -2.30. The summed E-state index contributed by atoms with van der Waals surface area (Å²) in [6.45, 7) is 3.11. The second-order valence-electron chi connectivity index (χ2n) is 5.78. The summed E-state index contributed by atoms with van der Waals surface area (Å²) in [4.78, 5) is 11.3. The van der Waals surface area contributed by atoms with E-state index in [2.05, 4.69) is 26.4 Å². The van der Waals surface area contributed by atoms with Gasteiger partial charge in [0.05, 0.1) is 0 Å². The van der Waals surface area contributed by atoms with Gasteiger partial charge in [0.15, 0.2) is 0 Å². The molecule has 1 unspecified atom stereocenters. The number of nitrogens with one attached hydrogen (secondary N) is 1. The Balaban J connectivity index is 1.85. The molecule has 5 nitrogen and oxygen atoms in total. The fraction of sp³-hybridized carbons (Fsp3) is 0.714. The van der Waals surface area contributed by atoms with Crippen molar-refractivity contribution in [2.45, 2.75) is 51.5 Å². The molecule has 1 saturated heterocycles. The summed E-state index contributed by atoms with van der Waals surface area (Å²) in [6.07, 6.45) is 8.13. The molecule has 0 radical (unpaired) electrons. The summed E-state index contributed by atoms with van der Waals surface area (Å²) < 4.78 is 0. The maximum atomic E-state index is 5.45. The van der Waals surface area contributed by atoms with Gasteiger partial charge in [-0.25, -0.2) is 10.8 Å². The zero-order chi connectivity index (χ0) is 13.2. The molecule has 1 atom stereocenters. The van der Waals surface area contributed by atoms with Crippen molar-refractivity contribution in [2.75, 3.05) is 16.9 Å². The van der Waals surface area contributed by atoms with Crippen LogP contribution in [0.2, 0.25) is 0 Å². The first-order chi connectivity index (χ1) is 9.28. The van der Waals surface area contributed by atoms with Gasteiger partial charge in [-0.05, 0) is 38.5 Å². The molecule has 2 heterocycles. The van der Waals surface area contributed by atoms with E-state index in [9.17, 15) is 0 Å². The van der Waals surface area contributed by atoms with Crippen molar-refractivity contribution in [1.29, 1.82) is 0 Å². The van der Waals surface area contributed by atoms with Crippen LogP contribution in [0.1, 0.15) is 44.2 Å². The summed E-state index contributed by atoms with van der Waals surface area (Å²) >= 11 is 0. The molecule has 0 bridgehead atoms. The topological polar surface area (TPSA) is 67.1 Å². The van der Waals surface area contributed by atoms with Crippen molar-refractivity contribution in [3.8, 4) is 0 Å². The Morgan fingerprint density at radius 1 is 1.21 bits per heavy atom. The third-order valence-electron chi connectivity index (χ3n) is 4.51. The smallest absolute Gasteiger partial charge is 0.239 e. The molecule has 19 heavy (non-hydrogen) atoms. The van der Waals surface area contributed by atoms with Crippen LogP contribution in [0, 0.1) is 12.8 Å². The SMILES string of the molecule is Cc1cc(N2CCCC2C2CCCC2)nc(NN)n1. The van der Waals surface area contributed by atoms with E-state index in [1.165, 1.54) is 38.5 Å². The Morgan fingerprint density at radius 2 is 2.00 bits per heavy atom. The Bertz CT molecular complexity index is 441. The molecular formula is C14H23N5. The highest BCUT2D eigenvalue weighted by Gasteiger charge is 2.34. The minimum absolute atomic E-state index is 0.520. The van der Waals surface area contributed by atoms with E-state index in [1.807, 2.05) is 6.92 Å². The van der Waals surface area contributed by atoms with Crippen molar-refractivity contribution < 1.29 is 0 Å². The second kappa shape index (κ2) is 5.33. The van der Waals surface area contributed by atoms with Crippen molar-refractivity contribution in [3.63, 3.8) is 0 Å². The predicted molar refractivity (Wildman–Crippen MR) is 76.9 cm³/mol. The van der Waals surface area contributed by atoms with E-state index in [-0.39, 0.29) is 0 Å². The van der Waals surface area contributed by atoms with Crippen LogP contribution in [0.15, 0.2) is 6.07 Å². The lowest BCUT2D eigenvalue weighted by molar-refractivity contribution is 0.429. The Labute approximate surface area is 114 Å². The molecule has 1 saturated carbocycles. The molecule has 5 heteroatoms. The minimum Gasteiger partial charge on any atom is -0.353 e. The zero-order valence-electron chi connectivity index (χ0n) is 11.6. The maximum absolute atomic E-state index is 5.45. The molecule has 2 fully saturated rings. The van der Waals surface area contributed by atoms with Gasteiger partial charge in [0.2, 0.25) is 5.95 Å². The number of nitrogens with zero attached hydrogens (tertiary/aromatic N) is 3.